The molecule has 7 nitrogen and oxygen atoms in total. The Morgan fingerprint density at radius 2 is 1.95 bits per heavy atom. The van der Waals surface area contributed by atoms with Gasteiger partial charge in [0.1, 0.15) is 17.8 Å². The van der Waals surface area contributed by atoms with E-state index >= 15 is 0 Å². The van der Waals surface area contributed by atoms with Crippen LogP contribution in [-0.2, 0) is 6.42 Å². The Bertz CT molecular complexity index is 588. The lowest BCUT2D eigenvalue weighted by atomic mass is 10.3. The summed E-state index contributed by atoms with van der Waals surface area (Å²) in [6.07, 6.45) is 5.32. The van der Waals surface area contributed by atoms with Gasteiger partial charge in [0.2, 0.25) is 0 Å². The smallest absolute Gasteiger partial charge is 0.287 e. The van der Waals surface area contributed by atoms with E-state index in [2.05, 4.69) is 30.9 Å². The molecule has 20 heavy (non-hydrogen) atoms. The molecule has 2 aromatic heterocycles. The lowest BCUT2D eigenvalue weighted by molar-refractivity contribution is -0.385. The lowest BCUT2D eigenvalue weighted by Gasteiger charge is -2.17. The topological polar surface area (TPSA) is 85.0 Å². The molecule has 0 fully saturated rings. The molecule has 0 amide bonds. The molecule has 0 unspecified atom stereocenters. The van der Waals surface area contributed by atoms with Crippen molar-refractivity contribution in [2.75, 3.05) is 18.5 Å². The second-order valence-corrected chi connectivity index (χ2v) is 5.04. The van der Waals surface area contributed by atoms with Gasteiger partial charge in [-0.2, -0.15) is 0 Å². The Labute approximate surface area is 124 Å². The van der Waals surface area contributed by atoms with Crippen LogP contribution in [0.5, 0.6) is 0 Å². The Morgan fingerprint density at radius 3 is 2.50 bits per heavy atom. The van der Waals surface area contributed by atoms with Crippen LogP contribution in [0.2, 0.25) is 0 Å². The van der Waals surface area contributed by atoms with Crippen LogP contribution in [0.4, 0.5) is 11.5 Å². The van der Waals surface area contributed by atoms with E-state index in [-0.39, 0.29) is 5.69 Å². The highest BCUT2D eigenvalue weighted by Gasteiger charge is 2.08. The van der Waals surface area contributed by atoms with Gasteiger partial charge in [0, 0.05) is 38.5 Å². The van der Waals surface area contributed by atoms with Gasteiger partial charge >= 0.3 is 0 Å². The Balaban J connectivity index is 1.95. The van der Waals surface area contributed by atoms with Gasteiger partial charge in [-0.3, -0.25) is 10.1 Å². The quantitative estimate of drug-likeness (QED) is 0.614. The van der Waals surface area contributed by atoms with Crippen LogP contribution in [0.3, 0.4) is 0 Å². The van der Waals surface area contributed by atoms with Crippen molar-refractivity contribution >= 4 is 27.4 Å². The molecule has 0 saturated heterocycles. The molecule has 0 radical (unpaired) electrons. The molecule has 2 rings (SSSR count). The van der Waals surface area contributed by atoms with Gasteiger partial charge in [0.05, 0.1) is 9.40 Å². The lowest BCUT2D eigenvalue weighted by Crippen LogP contribution is -2.22. The van der Waals surface area contributed by atoms with Crippen molar-refractivity contribution < 1.29 is 4.92 Å². The zero-order valence-electron chi connectivity index (χ0n) is 10.7. The molecule has 0 atom stereocenters. The molecule has 2 heterocycles. The zero-order valence-corrected chi connectivity index (χ0v) is 12.3. The van der Waals surface area contributed by atoms with Crippen LogP contribution in [0, 0.1) is 10.1 Å². The first kappa shape index (κ1) is 14.3. The number of nitro groups is 1. The minimum atomic E-state index is -0.466. The molecule has 0 aliphatic heterocycles. The van der Waals surface area contributed by atoms with Gasteiger partial charge in [-0.15, -0.1) is 0 Å². The first-order chi connectivity index (χ1) is 9.56. The number of halogens is 1. The van der Waals surface area contributed by atoms with Gasteiger partial charge in [-0.05, 0) is 22.0 Å². The number of anilines is 1. The molecule has 0 N–H and O–H groups in total. The van der Waals surface area contributed by atoms with Crippen LogP contribution < -0.4 is 4.90 Å². The maximum Gasteiger partial charge on any atom is 0.287 e. The molecular weight excluding hydrogens is 326 g/mol. The van der Waals surface area contributed by atoms with Gasteiger partial charge in [-0.1, -0.05) is 0 Å². The summed E-state index contributed by atoms with van der Waals surface area (Å²) in [5.74, 6) is 1.41. The fourth-order valence-electron chi connectivity index (χ4n) is 1.56. The normalized spacial score (nSPS) is 10.3. The minimum Gasteiger partial charge on any atom is -0.359 e. The third-order valence-corrected chi connectivity index (χ3v) is 3.09. The molecule has 0 bridgehead atoms. The Morgan fingerprint density at radius 1 is 1.25 bits per heavy atom. The van der Waals surface area contributed by atoms with E-state index < -0.39 is 4.92 Å². The third-order valence-electron chi connectivity index (χ3n) is 2.68. The summed E-state index contributed by atoms with van der Waals surface area (Å²) in [5.41, 5.74) is -0.0154. The van der Waals surface area contributed by atoms with Crippen LogP contribution in [0.25, 0.3) is 0 Å². The predicted octanol–water partition coefficient (Wildman–Crippen LogP) is 2.22. The van der Waals surface area contributed by atoms with Crippen LogP contribution >= 0.6 is 15.9 Å². The summed E-state index contributed by atoms with van der Waals surface area (Å²) in [5, 5.41) is 10.6. The van der Waals surface area contributed by atoms with Gasteiger partial charge in [0.25, 0.3) is 5.69 Å². The second-order valence-electron chi connectivity index (χ2n) is 4.12. The van der Waals surface area contributed by atoms with E-state index in [1.165, 1.54) is 12.3 Å². The highest BCUT2D eigenvalue weighted by Crippen LogP contribution is 2.14. The molecule has 104 valence electrons. The molecule has 2 aromatic rings. The van der Waals surface area contributed by atoms with Crippen molar-refractivity contribution in [2.45, 2.75) is 6.42 Å². The molecule has 0 aromatic carbocycles. The summed E-state index contributed by atoms with van der Waals surface area (Å²) in [7, 11) is 1.87. The van der Waals surface area contributed by atoms with Crippen LogP contribution in [0.15, 0.2) is 35.2 Å². The number of pyridine rings is 1. The number of aromatic nitrogens is 3. The first-order valence-corrected chi connectivity index (χ1v) is 6.63. The molecular formula is C12H12BrN5O2. The van der Waals surface area contributed by atoms with Crippen molar-refractivity contribution in [3.8, 4) is 0 Å². The van der Waals surface area contributed by atoms with Crippen molar-refractivity contribution in [1.29, 1.82) is 0 Å². The average molecular weight is 338 g/mol. The SMILES string of the molecule is CN(CCc1ncc(Br)cn1)c1ccc([N+](=O)[O-])cn1. The third kappa shape index (κ3) is 3.70. The molecule has 8 heteroatoms. The largest absolute Gasteiger partial charge is 0.359 e. The fourth-order valence-corrected chi connectivity index (χ4v) is 1.77. The number of nitrogens with zero attached hydrogens (tertiary/aromatic N) is 5. The highest BCUT2D eigenvalue weighted by molar-refractivity contribution is 9.10. The van der Waals surface area contributed by atoms with E-state index in [9.17, 15) is 10.1 Å². The maximum atomic E-state index is 10.6. The standard InChI is InChI=1S/C12H12BrN5O2/c1-17(5-4-11-14-6-9(13)7-15-11)12-3-2-10(8-16-12)18(19)20/h2-3,6-8H,4-5H2,1H3. The molecule has 0 spiro atoms. The zero-order chi connectivity index (χ0) is 14.5. The monoisotopic (exact) mass is 337 g/mol. The minimum absolute atomic E-state index is 0.0154. The number of rotatable bonds is 5. The van der Waals surface area contributed by atoms with E-state index in [1.807, 2.05) is 11.9 Å². The van der Waals surface area contributed by atoms with Crippen molar-refractivity contribution in [3.05, 3.63) is 51.1 Å². The molecule has 0 saturated carbocycles. The van der Waals surface area contributed by atoms with Gasteiger partial charge in [-0.25, -0.2) is 15.0 Å². The van der Waals surface area contributed by atoms with Crippen molar-refractivity contribution in [3.63, 3.8) is 0 Å². The average Bonchev–Trinajstić information content (AvgIpc) is 2.46. The summed E-state index contributed by atoms with van der Waals surface area (Å²) < 4.78 is 0.839. The van der Waals surface area contributed by atoms with E-state index in [0.29, 0.717) is 18.8 Å². The highest BCUT2D eigenvalue weighted by atomic mass is 79.9. The Hall–Kier alpha value is -2.09. The summed E-state index contributed by atoms with van der Waals surface area (Å²) in [6.45, 7) is 0.673. The number of hydrogen-bond donors (Lipinski definition) is 0. The van der Waals surface area contributed by atoms with Crippen molar-refractivity contribution in [1.82, 2.24) is 15.0 Å². The summed E-state index contributed by atoms with van der Waals surface area (Å²) in [6, 6.07) is 3.07. The van der Waals surface area contributed by atoms with Crippen LogP contribution in [-0.4, -0.2) is 33.5 Å². The van der Waals surface area contributed by atoms with Gasteiger partial charge < -0.3 is 4.90 Å². The van der Waals surface area contributed by atoms with Crippen molar-refractivity contribution in [2.24, 2.45) is 0 Å². The summed E-state index contributed by atoms with van der Waals surface area (Å²) >= 11 is 3.28. The first-order valence-electron chi connectivity index (χ1n) is 5.84. The second kappa shape index (κ2) is 6.38. The van der Waals surface area contributed by atoms with E-state index in [1.54, 1.807) is 18.5 Å². The predicted molar refractivity (Wildman–Crippen MR) is 77.6 cm³/mol. The molecule has 0 aliphatic rings. The van der Waals surface area contributed by atoms with E-state index in [0.717, 1.165) is 10.3 Å². The maximum absolute atomic E-state index is 10.6. The van der Waals surface area contributed by atoms with Crippen LogP contribution in [0.1, 0.15) is 5.82 Å². The van der Waals surface area contributed by atoms with E-state index in [4.69, 9.17) is 0 Å². The molecule has 0 aliphatic carbocycles. The number of likely N-dealkylation sites (N-methyl/N-ethyl adjacent to an activating group) is 1. The number of hydrogen-bond acceptors (Lipinski definition) is 6. The summed E-state index contributed by atoms with van der Waals surface area (Å²) in [4.78, 5) is 24.4. The fraction of sp³-hybridized carbons (Fsp3) is 0.250. The van der Waals surface area contributed by atoms with Gasteiger partial charge in [0.15, 0.2) is 0 Å². The Kier molecular flexibility index (Phi) is 4.57.